The average Bonchev–Trinajstić information content (AvgIpc) is 2.25. The van der Waals surface area contributed by atoms with Crippen molar-refractivity contribution < 1.29 is 14.0 Å². The van der Waals surface area contributed by atoms with Crippen molar-refractivity contribution in [1.82, 2.24) is 10.2 Å². The van der Waals surface area contributed by atoms with E-state index in [4.69, 9.17) is 4.43 Å². The van der Waals surface area contributed by atoms with Gasteiger partial charge in [0.15, 0.2) is 8.32 Å². The van der Waals surface area contributed by atoms with Gasteiger partial charge in [0.25, 0.3) is 0 Å². The van der Waals surface area contributed by atoms with E-state index in [2.05, 4.69) is 39.2 Å². The molecule has 1 N–H and O–H groups in total. The molecule has 0 spiro atoms. The number of carbonyl (C=O) groups is 2. The van der Waals surface area contributed by atoms with Crippen molar-refractivity contribution in [2.75, 3.05) is 19.7 Å². The summed E-state index contributed by atoms with van der Waals surface area (Å²) in [5.74, 6) is -0.0870. The van der Waals surface area contributed by atoms with Crippen LogP contribution < -0.4 is 5.32 Å². The third-order valence-corrected chi connectivity index (χ3v) is 8.49. The second-order valence-corrected chi connectivity index (χ2v) is 11.3. The van der Waals surface area contributed by atoms with Crippen LogP contribution in [0.15, 0.2) is 0 Å². The van der Waals surface area contributed by atoms with E-state index in [1.807, 2.05) is 0 Å². The smallest absolute Gasteiger partial charge is 0.324 e. The average molecular weight is 286 g/mol. The molecule has 0 bridgehead atoms. The fourth-order valence-corrected chi connectivity index (χ4v) is 2.70. The second-order valence-electron chi connectivity index (χ2n) is 6.49. The highest BCUT2D eigenvalue weighted by molar-refractivity contribution is 6.74. The van der Waals surface area contributed by atoms with E-state index in [1.54, 1.807) is 0 Å². The summed E-state index contributed by atoms with van der Waals surface area (Å²) in [4.78, 5) is 24.4. The van der Waals surface area contributed by atoms with Gasteiger partial charge in [-0.1, -0.05) is 20.8 Å². The molecule has 1 fully saturated rings. The normalized spacial score (nSPS) is 17.6. The van der Waals surface area contributed by atoms with E-state index >= 15 is 0 Å². The summed E-state index contributed by atoms with van der Waals surface area (Å²) in [7, 11) is -1.73. The summed E-state index contributed by atoms with van der Waals surface area (Å²) in [6, 6.07) is -0.274. The van der Waals surface area contributed by atoms with E-state index in [-0.39, 0.29) is 17.0 Å². The van der Waals surface area contributed by atoms with Gasteiger partial charge < -0.3 is 9.74 Å². The molecule has 0 aromatic heterocycles. The van der Waals surface area contributed by atoms with Crippen LogP contribution in [-0.2, 0) is 9.22 Å². The Kier molecular flexibility index (Phi) is 5.15. The first-order chi connectivity index (χ1) is 8.65. The Morgan fingerprint density at radius 3 is 2.47 bits per heavy atom. The molecule has 0 aliphatic carbocycles. The van der Waals surface area contributed by atoms with Crippen molar-refractivity contribution in [2.45, 2.75) is 51.7 Å². The minimum absolute atomic E-state index is 0.0870. The van der Waals surface area contributed by atoms with Gasteiger partial charge in [0, 0.05) is 26.1 Å². The molecule has 0 radical (unpaired) electrons. The number of nitrogens with zero attached hydrogens (tertiary/aromatic N) is 1. The lowest BCUT2D eigenvalue weighted by Gasteiger charge is -2.36. The van der Waals surface area contributed by atoms with Crippen molar-refractivity contribution in [1.29, 1.82) is 0 Å². The third kappa shape index (κ3) is 4.31. The van der Waals surface area contributed by atoms with Gasteiger partial charge in [-0.05, 0) is 24.6 Å². The fraction of sp³-hybridized carbons (Fsp3) is 0.846. The largest absolute Gasteiger partial charge is 0.417 e. The van der Waals surface area contributed by atoms with Crippen molar-refractivity contribution in [3.63, 3.8) is 0 Å². The van der Waals surface area contributed by atoms with Gasteiger partial charge in [-0.2, -0.15) is 0 Å². The van der Waals surface area contributed by atoms with Gasteiger partial charge in [-0.15, -0.1) is 0 Å². The molecule has 1 saturated heterocycles. The molecule has 19 heavy (non-hydrogen) atoms. The number of hydrogen-bond acceptors (Lipinski definition) is 3. The number of amides is 3. The number of nitrogens with one attached hydrogen (secondary N) is 1. The number of rotatable bonds is 5. The Morgan fingerprint density at radius 2 is 1.95 bits per heavy atom. The highest BCUT2D eigenvalue weighted by Gasteiger charge is 2.37. The minimum atomic E-state index is -1.73. The van der Waals surface area contributed by atoms with Crippen LogP contribution in [0, 0.1) is 0 Å². The summed E-state index contributed by atoms with van der Waals surface area (Å²) >= 11 is 0. The molecule has 0 saturated carbocycles. The number of hydrogen-bond donors (Lipinski definition) is 1. The summed E-state index contributed by atoms with van der Waals surface area (Å²) in [5, 5.41) is 2.86. The predicted octanol–water partition coefficient (Wildman–Crippen LogP) is 2.34. The van der Waals surface area contributed by atoms with Crippen LogP contribution >= 0.6 is 0 Å². The van der Waals surface area contributed by atoms with Crippen LogP contribution in [0.4, 0.5) is 4.79 Å². The Balaban J connectivity index is 2.35. The lowest BCUT2D eigenvalue weighted by atomic mass is 10.2. The van der Waals surface area contributed by atoms with E-state index in [9.17, 15) is 9.59 Å². The highest BCUT2D eigenvalue weighted by Crippen LogP contribution is 2.36. The van der Waals surface area contributed by atoms with Gasteiger partial charge in [0.2, 0.25) is 5.91 Å². The van der Waals surface area contributed by atoms with Crippen LogP contribution in [0.2, 0.25) is 18.1 Å². The molecule has 1 rings (SSSR count). The molecule has 0 aromatic rings. The van der Waals surface area contributed by atoms with Crippen LogP contribution in [0.1, 0.15) is 33.6 Å². The lowest BCUT2D eigenvalue weighted by molar-refractivity contribution is -0.129. The molecule has 1 aliphatic rings. The van der Waals surface area contributed by atoms with Crippen LogP contribution in [0.25, 0.3) is 0 Å². The van der Waals surface area contributed by atoms with Crippen molar-refractivity contribution in [2.24, 2.45) is 0 Å². The zero-order chi connectivity index (χ0) is 14.7. The highest BCUT2D eigenvalue weighted by atomic mass is 28.4. The monoisotopic (exact) mass is 286 g/mol. The maximum absolute atomic E-state index is 11.6. The van der Waals surface area contributed by atoms with E-state index in [0.29, 0.717) is 32.5 Å². The summed E-state index contributed by atoms with van der Waals surface area (Å²) in [6.45, 7) is 12.5. The van der Waals surface area contributed by atoms with Gasteiger partial charge in [0.1, 0.15) is 0 Å². The van der Waals surface area contributed by atoms with Crippen molar-refractivity contribution >= 4 is 20.3 Å². The number of urea groups is 1. The first kappa shape index (κ1) is 16.2. The number of carbonyl (C=O) groups excluding carboxylic acids is 2. The maximum atomic E-state index is 11.6. The molecule has 0 aromatic carbocycles. The van der Waals surface area contributed by atoms with Gasteiger partial charge >= 0.3 is 6.03 Å². The zero-order valence-electron chi connectivity index (χ0n) is 12.7. The number of imide groups is 1. The lowest BCUT2D eigenvalue weighted by Crippen LogP contribution is -2.50. The van der Waals surface area contributed by atoms with Gasteiger partial charge in [-0.25, -0.2) is 4.79 Å². The Morgan fingerprint density at radius 1 is 1.32 bits per heavy atom. The molecule has 0 atom stereocenters. The first-order valence-electron chi connectivity index (χ1n) is 6.87. The maximum Gasteiger partial charge on any atom is 0.324 e. The minimum Gasteiger partial charge on any atom is -0.417 e. The summed E-state index contributed by atoms with van der Waals surface area (Å²) in [5.41, 5.74) is 0. The molecule has 110 valence electrons. The fourth-order valence-electron chi connectivity index (χ4n) is 1.61. The third-order valence-electron chi connectivity index (χ3n) is 3.96. The first-order valence-corrected chi connectivity index (χ1v) is 9.78. The summed E-state index contributed by atoms with van der Waals surface area (Å²) < 4.78 is 6.02. The predicted molar refractivity (Wildman–Crippen MR) is 77.5 cm³/mol. The van der Waals surface area contributed by atoms with E-state index in [1.165, 1.54) is 4.90 Å². The van der Waals surface area contributed by atoms with Gasteiger partial charge in [-0.3, -0.25) is 9.69 Å². The Hall–Kier alpha value is -0.883. The van der Waals surface area contributed by atoms with Gasteiger partial charge in [0.05, 0.1) is 0 Å². The van der Waals surface area contributed by atoms with Crippen LogP contribution in [0.5, 0.6) is 0 Å². The SMILES string of the molecule is CC(C)(C)[Si](C)(C)OCCCN1C(=O)CCNC1=O. The standard InChI is InChI=1S/C13H26N2O3Si/c1-13(2,3)19(4,5)18-10-6-9-15-11(16)7-8-14-12(15)17/h6-10H2,1-5H3,(H,14,17). The second kappa shape index (κ2) is 6.05. The van der Waals surface area contributed by atoms with E-state index < -0.39 is 8.32 Å². The van der Waals surface area contributed by atoms with E-state index in [0.717, 1.165) is 0 Å². The quantitative estimate of drug-likeness (QED) is 0.623. The molecular weight excluding hydrogens is 260 g/mol. The molecule has 1 heterocycles. The molecule has 1 aliphatic heterocycles. The van der Waals surface area contributed by atoms with Crippen LogP contribution in [-0.4, -0.2) is 44.9 Å². The van der Waals surface area contributed by atoms with Crippen LogP contribution in [0.3, 0.4) is 0 Å². The molecule has 5 nitrogen and oxygen atoms in total. The van der Waals surface area contributed by atoms with Crippen molar-refractivity contribution in [3.05, 3.63) is 0 Å². The topological polar surface area (TPSA) is 58.6 Å². The molecule has 3 amide bonds. The zero-order valence-corrected chi connectivity index (χ0v) is 13.7. The molecular formula is C13H26N2O3Si. The Labute approximate surface area is 116 Å². The Bertz CT molecular complexity index is 334. The molecule has 0 unspecified atom stereocenters. The summed E-state index contributed by atoms with van der Waals surface area (Å²) in [6.07, 6.45) is 1.10. The molecule has 6 heteroatoms. The van der Waals surface area contributed by atoms with Crippen molar-refractivity contribution in [3.8, 4) is 0 Å².